The minimum Gasteiger partial charge on any atom is -0.439 e. The van der Waals surface area contributed by atoms with Crippen molar-refractivity contribution in [2.45, 2.75) is 18.6 Å². The van der Waals surface area contributed by atoms with Gasteiger partial charge in [0.1, 0.15) is 5.75 Å². The summed E-state index contributed by atoms with van der Waals surface area (Å²) >= 11 is 0. The lowest BCUT2D eigenvalue weighted by Gasteiger charge is -2.22. The molecule has 6 nitrogen and oxygen atoms in total. The van der Waals surface area contributed by atoms with Crippen LogP contribution in [0.4, 0.5) is 24.5 Å². The number of halogens is 3. The van der Waals surface area contributed by atoms with Crippen LogP contribution in [-0.4, -0.2) is 49.0 Å². The molecule has 1 aliphatic heterocycles. The predicted octanol–water partition coefficient (Wildman–Crippen LogP) is 5.29. The van der Waals surface area contributed by atoms with Gasteiger partial charge in [-0.15, -0.1) is 0 Å². The van der Waals surface area contributed by atoms with Crippen molar-refractivity contribution in [3.05, 3.63) is 78.0 Å². The Morgan fingerprint density at radius 3 is 2.32 bits per heavy atom. The van der Waals surface area contributed by atoms with Crippen LogP contribution in [0, 0.1) is 0 Å². The first-order chi connectivity index (χ1) is 16.2. The lowest BCUT2D eigenvalue weighted by molar-refractivity contribution is -0.137. The van der Waals surface area contributed by atoms with Crippen LogP contribution in [0.15, 0.2) is 66.9 Å². The Labute approximate surface area is 196 Å². The number of pyridine rings is 1. The Balaban J connectivity index is 1.33. The molecule has 1 saturated heterocycles. The van der Waals surface area contributed by atoms with Crippen LogP contribution in [0.5, 0.6) is 11.6 Å². The molecule has 178 valence electrons. The van der Waals surface area contributed by atoms with Gasteiger partial charge in [0, 0.05) is 48.3 Å². The van der Waals surface area contributed by atoms with Crippen molar-refractivity contribution in [3.8, 4) is 11.6 Å². The summed E-state index contributed by atoms with van der Waals surface area (Å²) in [7, 11) is 4.19. The summed E-state index contributed by atoms with van der Waals surface area (Å²) in [4.78, 5) is 20.8. The van der Waals surface area contributed by atoms with Gasteiger partial charge in [-0.3, -0.25) is 4.79 Å². The number of aromatic nitrogens is 1. The topological polar surface area (TPSA) is 57.7 Å². The van der Waals surface area contributed by atoms with E-state index < -0.39 is 11.7 Å². The summed E-state index contributed by atoms with van der Waals surface area (Å²) < 4.78 is 43.4. The van der Waals surface area contributed by atoms with Crippen molar-refractivity contribution in [1.82, 2.24) is 9.88 Å². The molecule has 1 fully saturated rings. The third-order valence-corrected chi connectivity index (χ3v) is 5.79. The molecule has 0 radical (unpaired) electrons. The normalized spacial score (nSPS) is 16.1. The lowest BCUT2D eigenvalue weighted by atomic mass is 10.2. The second kappa shape index (κ2) is 9.72. The molecule has 1 aromatic heterocycles. The van der Waals surface area contributed by atoms with E-state index in [1.165, 1.54) is 0 Å². The predicted molar refractivity (Wildman–Crippen MR) is 124 cm³/mol. The molecule has 1 aliphatic rings. The summed E-state index contributed by atoms with van der Waals surface area (Å²) in [5, 5.41) is 2.87. The molecule has 0 spiro atoms. The van der Waals surface area contributed by atoms with Crippen LogP contribution in [-0.2, 0) is 6.18 Å². The van der Waals surface area contributed by atoms with Gasteiger partial charge < -0.3 is 19.9 Å². The molecule has 0 saturated carbocycles. The molecular formula is C25H25F3N4O2. The smallest absolute Gasteiger partial charge is 0.417 e. The third-order valence-electron chi connectivity index (χ3n) is 5.79. The van der Waals surface area contributed by atoms with Gasteiger partial charge in [0.15, 0.2) is 0 Å². The molecular weight excluding hydrogens is 445 g/mol. The molecule has 9 heteroatoms. The Morgan fingerprint density at radius 2 is 1.76 bits per heavy atom. The zero-order valence-corrected chi connectivity index (χ0v) is 18.8. The van der Waals surface area contributed by atoms with Gasteiger partial charge in [-0.25, -0.2) is 4.98 Å². The van der Waals surface area contributed by atoms with Crippen LogP contribution in [0.3, 0.4) is 0 Å². The van der Waals surface area contributed by atoms with Gasteiger partial charge in [-0.05, 0) is 75.1 Å². The van der Waals surface area contributed by atoms with Gasteiger partial charge in [0.05, 0.1) is 5.56 Å². The Morgan fingerprint density at radius 1 is 1.06 bits per heavy atom. The van der Waals surface area contributed by atoms with E-state index in [-0.39, 0.29) is 11.8 Å². The van der Waals surface area contributed by atoms with Crippen molar-refractivity contribution in [1.29, 1.82) is 0 Å². The quantitative estimate of drug-likeness (QED) is 0.531. The number of hydrogen-bond donors (Lipinski definition) is 1. The number of anilines is 2. The van der Waals surface area contributed by atoms with E-state index in [1.54, 1.807) is 24.3 Å². The number of amides is 1. The Bertz CT molecular complexity index is 1110. The third kappa shape index (κ3) is 5.66. The molecule has 1 atom stereocenters. The number of carbonyl (C=O) groups is 1. The SMILES string of the molecule is CN(C)C1CCN(c2ccc(NC(=O)c3ccc(Oc4ccc(C(F)(F)F)cn4)cc3)cc2)C1. The van der Waals surface area contributed by atoms with Gasteiger partial charge in [-0.1, -0.05) is 0 Å². The molecule has 0 aliphatic carbocycles. The molecule has 1 unspecified atom stereocenters. The van der Waals surface area contributed by atoms with Gasteiger partial charge in [0.25, 0.3) is 5.91 Å². The first-order valence-corrected chi connectivity index (χ1v) is 10.8. The molecule has 0 bridgehead atoms. The van der Waals surface area contributed by atoms with Crippen molar-refractivity contribution >= 4 is 17.3 Å². The molecule has 1 N–H and O–H groups in total. The fourth-order valence-corrected chi connectivity index (χ4v) is 3.76. The Hall–Kier alpha value is -3.59. The lowest BCUT2D eigenvalue weighted by Crippen LogP contribution is -2.31. The van der Waals surface area contributed by atoms with E-state index in [1.807, 2.05) is 24.3 Å². The van der Waals surface area contributed by atoms with Gasteiger partial charge in [0.2, 0.25) is 5.88 Å². The molecule has 4 rings (SSSR count). The number of carbonyl (C=O) groups excluding carboxylic acids is 1. The fourth-order valence-electron chi connectivity index (χ4n) is 3.76. The summed E-state index contributed by atoms with van der Waals surface area (Å²) in [6.07, 6.45) is -2.61. The van der Waals surface area contributed by atoms with E-state index in [0.29, 0.717) is 29.2 Å². The summed E-state index contributed by atoms with van der Waals surface area (Å²) in [5.74, 6) is 0.107. The number of alkyl halides is 3. The second-order valence-corrected chi connectivity index (χ2v) is 8.36. The van der Waals surface area contributed by atoms with Crippen molar-refractivity contribution in [2.24, 2.45) is 0 Å². The molecule has 2 aromatic carbocycles. The summed E-state index contributed by atoms with van der Waals surface area (Å²) in [6.45, 7) is 1.99. The standard InChI is InChI=1S/C25H25F3N4O2/c1-31(2)21-13-14-32(16-21)20-8-6-19(7-9-20)30-24(33)17-3-10-22(11-4-17)34-23-12-5-18(15-29-23)25(26,27)28/h3-12,15,21H,13-14,16H2,1-2H3,(H,30,33). The molecule has 2 heterocycles. The van der Waals surface area contributed by atoms with Crippen LogP contribution >= 0.6 is 0 Å². The van der Waals surface area contributed by atoms with Crippen molar-refractivity contribution in [2.75, 3.05) is 37.4 Å². The minimum atomic E-state index is -4.45. The van der Waals surface area contributed by atoms with E-state index in [2.05, 4.69) is 34.2 Å². The average Bonchev–Trinajstić information content (AvgIpc) is 3.31. The molecule has 3 aromatic rings. The van der Waals surface area contributed by atoms with E-state index in [0.717, 1.165) is 37.3 Å². The zero-order chi connectivity index (χ0) is 24.3. The number of nitrogens with one attached hydrogen (secondary N) is 1. The maximum atomic E-state index is 12.6. The van der Waals surface area contributed by atoms with Gasteiger partial charge >= 0.3 is 6.18 Å². The number of rotatable bonds is 6. The number of ether oxygens (including phenoxy) is 1. The minimum absolute atomic E-state index is 0.0280. The van der Waals surface area contributed by atoms with Crippen molar-refractivity contribution < 1.29 is 22.7 Å². The first kappa shape index (κ1) is 23.6. The molecule has 34 heavy (non-hydrogen) atoms. The van der Waals surface area contributed by atoms with E-state index >= 15 is 0 Å². The zero-order valence-electron chi connectivity index (χ0n) is 18.8. The van der Waals surface area contributed by atoms with Crippen LogP contribution in [0.25, 0.3) is 0 Å². The number of likely N-dealkylation sites (N-methyl/N-ethyl adjacent to an activating group) is 1. The summed E-state index contributed by atoms with van der Waals surface area (Å²) in [6, 6.07) is 16.6. The monoisotopic (exact) mass is 470 g/mol. The highest BCUT2D eigenvalue weighted by Gasteiger charge is 2.30. The summed E-state index contributed by atoms with van der Waals surface area (Å²) in [5.41, 5.74) is 1.38. The van der Waals surface area contributed by atoms with E-state index in [9.17, 15) is 18.0 Å². The molecule has 1 amide bonds. The maximum Gasteiger partial charge on any atom is 0.417 e. The Kier molecular flexibility index (Phi) is 6.74. The first-order valence-electron chi connectivity index (χ1n) is 10.8. The number of hydrogen-bond acceptors (Lipinski definition) is 5. The highest BCUT2D eigenvalue weighted by atomic mass is 19.4. The highest BCUT2D eigenvalue weighted by molar-refractivity contribution is 6.04. The fraction of sp³-hybridized carbons (Fsp3) is 0.280. The largest absolute Gasteiger partial charge is 0.439 e. The van der Waals surface area contributed by atoms with Gasteiger partial charge in [-0.2, -0.15) is 13.2 Å². The van der Waals surface area contributed by atoms with Crippen molar-refractivity contribution in [3.63, 3.8) is 0 Å². The average molecular weight is 470 g/mol. The van der Waals surface area contributed by atoms with Crippen LogP contribution < -0.4 is 15.0 Å². The number of nitrogens with zero attached hydrogens (tertiary/aromatic N) is 3. The van der Waals surface area contributed by atoms with Crippen LogP contribution in [0.1, 0.15) is 22.3 Å². The highest BCUT2D eigenvalue weighted by Crippen LogP contribution is 2.30. The second-order valence-electron chi connectivity index (χ2n) is 8.36. The number of benzene rings is 2. The van der Waals surface area contributed by atoms with E-state index in [4.69, 9.17) is 4.74 Å². The maximum absolute atomic E-state index is 12.6. The van der Waals surface area contributed by atoms with Crippen LogP contribution in [0.2, 0.25) is 0 Å².